The Morgan fingerprint density at radius 3 is 1.91 bits per heavy atom. The first-order valence-corrected chi connectivity index (χ1v) is 18.3. The van der Waals surface area contributed by atoms with Gasteiger partial charge in [-0.1, -0.05) is 109 Å². The molecule has 0 radical (unpaired) electrons. The second kappa shape index (κ2) is 11.5. The maximum Gasteiger partial charge on any atom is 0.164 e. The minimum Gasteiger partial charge on any atom is -0.456 e. The van der Waals surface area contributed by atoms with Gasteiger partial charge in [0.05, 0.1) is 11.0 Å². The van der Waals surface area contributed by atoms with E-state index in [2.05, 4.69) is 108 Å². The Labute approximate surface area is 313 Å². The highest BCUT2D eigenvalue weighted by molar-refractivity contribution is 6.15. The van der Waals surface area contributed by atoms with Crippen molar-refractivity contribution in [3.8, 4) is 39.9 Å². The highest BCUT2D eigenvalue weighted by Gasteiger charge is 2.20. The van der Waals surface area contributed by atoms with Crippen LogP contribution in [0.3, 0.4) is 0 Å². The van der Waals surface area contributed by atoms with Crippen molar-refractivity contribution in [1.29, 1.82) is 0 Å². The van der Waals surface area contributed by atoms with Crippen LogP contribution in [0.5, 0.6) is 0 Å². The van der Waals surface area contributed by atoms with Gasteiger partial charge < -0.3 is 13.4 Å². The molecular formula is C49H28N4O2. The molecule has 0 aliphatic heterocycles. The average molecular weight is 705 g/mol. The maximum atomic E-state index is 6.66. The third kappa shape index (κ3) is 4.58. The molecular weight excluding hydrogens is 677 g/mol. The molecule has 12 aromatic rings. The lowest BCUT2D eigenvalue weighted by Gasteiger charge is -2.10. The number of hydrogen-bond acceptors (Lipinski definition) is 5. The summed E-state index contributed by atoms with van der Waals surface area (Å²) in [7, 11) is 0. The van der Waals surface area contributed by atoms with Crippen molar-refractivity contribution in [2.45, 2.75) is 0 Å². The Morgan fingerprint density at radius 2 is 1.02 bits per heavy atom. The second-order valence-electron chi connectivity index (χ2n) is 14.0. The summed E-state index contributed by atoms with van der Waals surface area (Å²) >= 11 is 0. The van der Waals surface area contributed by atoms with E-state index in [1.807, 2.05) is 66.7 Å². The number of hydrogen-bond donors (Lipinski definition) is 0. The standard InChI is InChI=1S/C49H28N4O2/c1-2-11-29(12-3-1)47-50-48(32-21-23-36-35-16-7-9-19-42(35)54-44(36)27-32)52-49(51-47)38-17-10-20-43-46(38)37-24-22-33(28-45(37)55-43)53-40-18-8-6-15-34(40)39-25-30-13-4-5-14-31(30)26-41(39)53/h1-28H. The van der Waals surface area contributed by atoms with Crippen LogP contribution in [0.15, 0.2) is 179 Å². The summed E-state index contributed by atoms with van der Waals surface area (Å²) in [6.07, 6.45) is 0. The normalized spacial score (nSPS) is 12.0. The molecule has 4 aromatic heterocycles. The lowest BCUT2D eigenvalue weighted by molar-refractivity contribution is 0.668. The predicted octanol–water partition coefficient (Wildman–Crippen LogP) is 12.9. The van der Waals surface area contributed by atoms with Crippen LogP contribution < -0.4 is 0 Å². The molecule has 256 valence electrons. The van der Waals surface area contributed by atoms with Gasteiger partial charge in [0.1, 0.15) is 22.3 Å². The number of benzene rings is 8. The fourth-order valence-electron chi connectivity index (χ4n) is 8.28. The van der Waals surface area contributed by atoms with E-state index in [0.717, 1.165) is 77.3 Å². The van der Waals surface area contributed by atoms with Gasteiger partial charge in [0.15, 0.2) is 17.5 Å². The Bertz CT molecular complexity index is 3500. The molecule has 0 fully saturated rings. The first-order valence-electron chi connectivity index (χ1n) is 18.3. The number of para-hydroxylation sites is 2. The van der Waals surface area contributed by atoms with Crippen LogP contribution in [0.25, 0.3) is 116 Å². The topological polar surface area (TPSA) is 69.9 Å². The monoisotopic (exact) mass is 704 g/mol. The average Bonchev–Trinajstić information content (AvgIpc) is 3.91. The molecule has 8 aromatic carbocycles. The van der Waals surface area contributed by atoms with E-state index in [0.29, 0.717) is 17.5 Å². The maximum absolute atomic E-state index is 6.66. The summed E-state index contributed by atoms with van der Waals surface area (Å²) in [5.74, 6) is 1.73. The first-order chi connectivity index (χ1) is 27.2. The smallest absolute Gasteiger partial charge is 0.164 e. The van der Waals surface area contributed by atoms with Crippen molar-refractivity contribution in [3.63, 3.8) is 0 Å². The fourth-order valence-corrected chi connectivity index (χ4v) is 8.28. The molecule has 6 heteroatoms. The first kappa shape index (κ1) is 29.9. The summed E-state index contributed by atoms with van der Waals surface area (Å²) in [6, 6.07) is 58.6. The van der Waals surface area contributed by atoms with Gasteiger partial charge in [-0.25, -0.2) is 15.0 Å². The predicted molar refractivity (Wildman–Crippen MR) is 223 cm³/mol. The van der Waals surface area contributed by atoms with Crippen LogP contribution in [-0.2, 0) is 0 Å². The van der Waals surface area contributed by atoms with Gasteiger partial charge in [-0.15, -0.1) is 0 Å². The van der Waals surface area contributed by atoms with Gasteiger partial charge in [-0.3, -0.25) is 0 Å². The number of rotatable bonds is 4. The quantitative estimate of drug-likeness (QED) is 0.182. The molecule has 0 atom stereocenters. The van der Waals surface area contributed by atoms with Gasteiger partial charge in [0, 0.05) is 60.8 Å². The molecule has 0 spiro atoms. The van der Waals surface area contributed by atoms with Crippen LogP contribution >= 0.6 is 0 Å². The SMILES string of the molecule is c1ccc(-c2nc(-c3ccc4c(c3)oc3ccccc34)nc(-c3cccc4oc5cc(-n6c7ccccc7c7cc8ccccc8cc76)ccc5c34)n2)cc1. The lowest BCUT2D eigenvalue weighted by Crippen LogP contribution is -2.00. The Morgan fingerprint density at radius 1 is 0.364 bits per heavy atom. The minimum atomic E-state index is 0.567. The summed E-state index contributed by atoms with van der Waals surface area (Å²) in [5.41, 5.74) is 9.16. The van der Waals surface area contributed by atoms with Crippen molar-refractivity contribution < 1.29 is 8.83 Å². The number of fused-ring (bicyclic) bond motifs is 10. The third-order valence-electron chi connectivity index (χ3n) is 10.8. The van der Waals surface area contributed by atoms with Gasteiger partial charge in [-0.05, 0) is 65.4 Å². The van der Waals surface area contributed by atoms with Crippen LogP contribution in [-0.4, -0.2) is 19.5 Å². The number of furan rings is 2. The van der Waals surface area contributed by atoms with E-state index in [1.54, 1.807) is 0 Å². The zero-order valence-corrected chi connectivity index (χ0v) is 29.3. The second-order valence-corrected chi connectivity index (χ2v) is 14.0. The highest BCUT2D eigenvalue weighted by Crippen LogP contribution is 2.40. The van der Waals surface area contributed by atoms with Crippen molar-refractivity contribution in [1.82, 2.24) is 19.5 Å². The molecule has 0 unspecified atom stereocenters. The minimum absolute atomic E-state index is 0.567. The molecule has 0 saturated heterocycles. The van der Waals surface area contributed by atoms with Gasteiger partial charge >= 0.3 is 0 Å². The molecule has 0 saturated carbocycles. The van der Waals surface area contributed by atoms with E-state index < -0.39 is 0 Å². The van der Waals surface area contributed by atoms with Crippen molar-refractivity contribution in [2.75, 3.05) is 0 Å². The summed E-state index contributed by atoms with van der Waals surface area (Å²) in [4.78, 5) is 15.2. The largest absolute Gasteiger partial charge is 0.456 e. The third-order valence-corrected chi connectivity index (χ3v) is 10.8. The Balaban J connectivity index is 1.05. The molecule has 0 amide bonds. The number of nitrogens with zero attached hydrogens (tertiary/aromatic N) is 4. The molecule has 0 aliphatic carbocycles. The van der Waals surface area contributed by atoms with Gasteiger partial charge in [0.2, 0.25) is 0 Å². The lowest BCUT2D eigenvalue weighted by atomic mass is 10.0. The Hall–Kier alpha value is -7.57. The van der Waals surface area contributed by atoms with E-state index in [1.165, 1.54) is 21.5 Å². The van der Waals surface area contributed by atoms with E-state index >= 15 is 0 Å². The summed E-state index contributed by atoms with van der Waals surface area (Å²) < 4.78 is 15.3. The number of aromatic nitrogens is 4. The van der Waals surface area contributed by atoms with E-state index in [9.17, 15) is 0 Å². The Kier molecular flexibility index (Phi) is 6.24. The zero-order chi connectivity index (χ0) is 36.0. The molecule has 4 heterocycles. The van der Waals surface area contributed by atoms with Crippen LogP contribution in [0.2, 0.25) is 0 Å². The van der Waals surface area contributed by atoms with Crippen molar-refractivity contribution in [3.05, 3.63) is 170 Å². The fraction of sp³-hybridized carbons (Fsp3) is 0. The van der Waals surface area contributed by atoms with Crippen LogP contribution in [0.1, 0.15) is 0 Å². The van der Waals surface area contributed by atoms with Crippen LogP contribution in [0, 0.1) is 0 Å². The van der Waals surface area contributed by atoms with Gasteiger partial charge in [-0.2, -0.15) is 0 Å². The highest BCUT2D eigenvalue weighted by atomic mass is 16.3. The molecule has 0 bridgehead atoms. The van der Waals surface area contributed by atoms with Gasteiger partial charge in [0.25, 0.3) is 0 Å². The van der Waals surface area contributed by atoms with Crippen molar-refractivity contribution in [2.24, 2.45) is 0 Å². The van der Waals surface area contributed by atoms with E-state index in [4.69, 9.17) is 23.8 Å². The molecule has 0 aliphatic rings. The molecule has 0 N–H and O–H groups in total. The van der Waals surface area contributed by atoms with Crippen LogP contribution in [0.4, 0.5) is 0 Å². The van der Waals surface area contributed by atoms with Crippen molar-refractivity contribution >= 4 is 76.5 Å². The summed E-state index contributed by atoms with van der Waals surface area (Å²) in [6.45, 7) is 0. The summed E-state index contributed by atoms with van der Waals surface area (Å²) in [5, 5.41) is 8.96. The zero-order valence-electron chi connectivity index (χ0n) is 29.3. The van der Waals surface area contributed by atoms with E-state index in [-0.39, 0.29) is 0 Å². The molecule has 12 rings (SSSR count). The molecule has 55 heavy (non-hydrogen) atoms. The molecule has 6 nitrogen and oxygen atoms in total.